The van der Waals surface area contributed by atoms with E-state index in [1.54, 1.807) is 4.90 Å². The number of hydrogen-bond acceptors (Lipinski definition) is 9. The molecule has 2 saturated heterocycles. The molecule has 8 atom stereocenters. The van der Waals surface area contributed by atoms with E-state index in [4.69, 9.17) is 4.74 Å². The second-order valence-corrected chi connectivity index (χ2v) is 14.9. The Kier molecular flexibility index (Phi) is 12.0. The average Bonchev–Trinajstić information content (AvgIpc) is 3.08. The Morgan fingerprint density at radius 2 is 1.52 bits per heavy atom. The zero-order valence-corrected chi connectivity index (χ0v) is 28.3. The molecule has 3 aromatic carbocycles. The first-order valence-electron chi connectivity index (χ1n) is 16.5. The highest BCUT2D eigenvalue weighted by molar-refractivity contribution is 7.88. The number of β-lactam (4-membered cyclic amide) rings is 1. The molecule has 0 saturated carbocycles. The summed E-state index contributed by atoms with van der Waals surface area (Å²) in [5.41, 5.74) is 3.92. The number of hydrogen-bond donors (Lipinski definition) is 6. The van der Waals surface area contributed by atoms with Crippen LogP contribution in [0.4, 0.5) is 10.1 Å². The normalized spacial score (nSPS) is 26.0. The highest BCUT2D eigenvalue weighted by atomic mass is 32.2. The van der Waals surface area contributed by atoms with Gasteiger partial charge in [0.2, 0.25) is 15.9 Å². The Labute approximate surface area is 290 Å². The van der Waals surface area contributed by atoms with Crippen molar-refractivity contribution in [3.05, 3.63) is 101 Å². The molecule has 50 heavy (non-hydrogen) atoms. The van der Waals surface area contributed by atoms with Gasteiger partial charge in [-0.15, -0.1) is 0 Å². The quantitative estimate of drug-likeness (QED) is 0.101. The minimum atomic E-state index is -3.26. The molecule has 14 heteroatoms. The summed E-state index contributed by atoms with van der Waals surface area (Å²) in [6, 6.07) is 20.3. The number of rotatable bonds is 15. The third kappa shape index (κ3) is 8.93. The van der Waals surface area contributed by atoms with Gasteiger partial charge in [0.25, 0.3) is 0 Å². The van der Waals surface area contributed by atoms with E-state index in [0.29, 0.717) is 43.5 Å². The molecule has 0 aliphatic carbocycles. The summed E-state index contributed by atoms with van der Waals surface area (Å²) < 4.78 is 44.0. The van der Waals surface area contributed by atoms with Crippen molar-refractivity contribution in [1.82, 2.24) is 4.72 Å². The van der Waals surface area contributed by atoms with Gasteiger partial charge < -0.3 is 35.2 Å². The third-order valence-electron chi connectivity index (χ3n) is 9.44. The Hall–Kier alpha value is -3.76. The lowest BCUT2D eigenvalue weighted by atomic mass is 9.78. The number of sulfonamides is 1. The predicted octanol–water partition coefficient (Wildman–Crippen LogP) is 2.39. The fraction of sp³-hybridized carbons (Fsp3) is 0.444. The lowest BCUT2D eigenvalue weighted by Gasteiger charge is -2.48. The number of nitrogens with zero attached hydrogens (tertiary/aromatic N) is 1. The van der Waals surface area contributed by atoms with E-state index in [9.17, 15) is 47.9 Å². The number of nitrogens with one attached hydrogen (secondary N) is 1. The molecule has 3 aromatic rings. The number of ether oxygens (including phenoxy) is 1. The van der Waals surface area contributed by atoms with E-state index < -0.39 is 64.4 Å². The largest absolute Gasteiger partial charge is 0.479 e. The van der Waals surface area contributed by atoms with E-state index in [1.807, 2.05) is 48.5 Å². The van der Waals surface area contributed by atoms with Crippen LogP contribution in [0.2, 0.25) is 0 Å². The molecule has 1 amide bonds. The first-order valence-corrected chi connectivity index (χ1v) is 18.4. The van der Waals surface area contributed by atoms with Crippen LogP contribution in [0.5, 0.6) is 0 Å². The van der Waals surface area contributed by atoms with E-state index in [2.05, 4.69) is 4.72 Å². The molecule has 270 valence electrons. The van der Waals surface area contributed by atoms with Gasteiger partial charge in [-0.1, -0.05) is 48.5 Å². The van der Waals surface area contributed by atoms with Crippen LogP contribution in [0.15, 0.2) is 72.8 Å². The standard InChI is InChI=1S/C36H43FN2O10S/c1-50(47,48)38-20-2-3-21-6-15-26(16-7-21)39-30(27(35(39)44)17-18-28(40)23-11-13-25(37)14-12-23)24-9-4-22(5-10-24)8-19-29-31(41)32(42)33(43)34(49-29)36(45)46/h4-7,9-16,27-34,38,40-43H,2-3,8,17-20H2,1H3,(H,45,46)/t27?,28-,29?,30+,31-,32+,33-,34-/m0/s1. The van der Waals surface area contributed by atoms with Gasteiger partial charge in [0.15, 0.2) is 6.10 Å². The number of anilines is 1. The van der Waals surface area contributed by atoms with Crippen molar-refractivity contribution >= 4 is 27.6 Å². The highest BCUT2D eigenvalue weighted by Gasteiger charge is 2.49. The zero-order chi connectivity index (χ0) is 36.2. The van der Waals surface area contributed by atoms with Crippen molar-refractivity contribution in [3.63, 3.8) is 0 Å². The summed E-state index contributed by atoms with van der Waals surface area (Å²) in [7, 11) is -3.26. The number of benzene rings is 3. The van der Waals surface area contributed by atoms with Crippen molar-refractivity contribution in [1.29, 1.82) is 0 Å². The molecular formula is C36H43FN2O10S. The molecule has 0 bridgehead atoms. The van der Waals surface area contributed by atoms with Crippen molar-refractivity contribution in [2.45, 2.75) is 81.2 Å². The van der Waals surface area contributed by atoms with Crippen molar-refractivity contribution in [3.8, 4) is 0 Å². The van der Waals surface area contributed by atoms with Crippen molar-refractivity contribution < 1.29 is 52.7 Å². The number of aryl methyl sites for hydroxylation is 2. The molecule has 2 fully saturated rings. The van der Waals surface area contributed by atoms with Gasteiger partial charge >= 0.3 is 5.97 Å². The van der Waals surface area contributed by atoms with Crippen LogP contribution < -0.4 is 9.62 Å². The smallest absolute Gasteiger partial charge is 0.335 e. The average molecular weight is 715 g/mol. The van der Waals surface area contributed by atoms with Gasteiger partial charge in [0.05, 0.1) is 30.4 Å². The van der Waals surface area contributed by atoms with Crippen LogP contribution in [-0.2, 0) is 37.2 Å². The lowest BCUT2D eigenvalue weighted by Crippen LogP contribution is -2.59. The Morgan fingerprint density at radius 3 is 2.14 bits per heavy atom. The fourth-order valence-electron chi connectivity index (χ4n) is 6.65. The number of halogens is 1. The van der Waals surface area contributed by atoms with Crippen molar-refractivity contribution in [2.75, 3.05) is 17.7 Å². The fourth-order valence-corrected chi connectivity index (χ4v) is 7.16. The van der Waals surface area contributed by atoms with E-state index in [0.717, 1.165) is 22.9 Å². The molecular weight excluding hydrogens is 671 g/mol. The minimum absolute atomic E-state index is 0.104. The Morgan fingerprint density at radius 1 is 0.900 bits per heavy atom. The molecule has 0 spiro atoms. The van der Waals surface area contributed by atoms with E-state index in [1.165, 1.54) is 24.3 Å². The highest BCUT2D eigenvalue weighted by Crippen LogP contribution is 2.46. The van der Waals surface area contributed by atoms with Crippen LogP contribution in [0.1, 0.15) is 60.1 Å². The summed E-state index contributed by atoms with van der Waals surface area (Å²) in [5, 5.41) is 50.6. The van der Waals surface area contributed by atoms with Crippen LogP contribution in [-0.4, -0.2) is 89.1 Å². The number of carbonyl (C=O) groups excluding carboxylic acids is 1. The maximum absolute atomic E-state index is 13.6. The molecule has 2 aliphatic rings. The number of aliphatic carboxylic acids is 1. The van der Waals surface area contributed by atoms with Gasteiger partial charge in [-0.25, -0.2) is 22.3 Å². The second-order valence-electron chi connectivity index (χ2n) is 13.0. The molecule has 12 nitrogen and oxygen atoms in total. The Bertz CT molecular complexity index is 1720. The molecule has 0 aromatic heterocycles. The maximum atomic E-state index is 13.6. The maximum Gasteiger partial charge on any atom is 0.335 e. The number of carboxylic acids is 1. The summed E-state index contributed by atoms with van der Waals surface area (Å²) in [5.74, 6) is -2.39. The molecule has 2 unspecified atom stereocenters. The van der Waals surface area contributed by atoms with Crippen LogP contribution >= 0.6 is 0 Å². The summed E-state index contributed by atoms with van der Waals surface area (Å²) in [6.07, 6.45) is -4.85. The number of aliphatic hydroxyl groups excluding tert-OH is 4. The lowest BCUT2D eigenvalue weighted by molar-refractivity contribution is -0.228. The monoisotopic (exact) mass is 714 g/mol. The SMILES string of the molecule is CS(=O)(=O)NCCCc1ccc(N2C(=O)C(CC[C@H](O)c3ccc(F)cc3)[C@H]2c2ccc(CCC3O[C@H](C(=O)O)[C@@H](O)[C@H](O)[C@H]3O)cc2)cc1. The van der Waals surface area contributed by atoms with Crippen LogP contribution in [0.25, 0.3) is 0 Å². The van der Waals surface area contributed by atoms with Gasteiger partial charge in [-0.05, 0) is 85.0 Å². The zero-order valence-electron chi connectivity index (χ0n) is 27.5. The third-order valence-corrected chi connectivity index (χ3v) is 10.2. The Balaban J connectivity index is 1.29. The van der Waals surface area contributed by atoms with Gasteiger partial charge in [0.1, 0.15) is 24.1 Å². The van der Waals surface area contributed by atoms with E-state index in [-0.39, 0.29) is 24.8 Å². The van der Waals surface area contributed by atoms with Crippen molar-refractivity contribution in [2.24, 2.45) is 5.92 Å². The predicted molar refractivity (Wildman–Crippen MR) is 181 cm³/mol. The van der Waals surface area contributed by atoms with Crippen LogP contribution in [0.3, 0.4) is 0 Å². The molecule has 0 radical (unpaired) electrons. The van der Waals surface area contributed by atoms with Gasteiger partial charge in [-0.2, -0.15) is 0 Å². The number of carbonyl (C=O) groups is 2. The van der Waals surface area contributed by atoms with Gasteiger partial charge in [-0.3, -0.25) is 4.79 Å². The number of amides is 1. The second kappa shape index (κ2) is 16.1. The molecule has 6 N–H and O–H groups in total. The summed E-state index contributed by atoms with van der Waals surface area (Å²) >= 11 is 0. The van der Waals surface area contributed by atoms with Crippen LogP contribution in [0, 0.1) is 11.7 Å². The van der Waals surface area contributed by atoms with E-state index >= 15 is 0 Å². The molecule has 2 aliphatic heterocycles. The first-order chi connectivity index (χ1) is 23.7. The topological polar surface area (TPSA) is 194 Å². The molecule has 5 rings (SSSR count). The van der Waals surface area contributed by atoms with Gasteiger partial charge in [0, 0.05) is 12.2 Å². The minimum Gasteiger partial charge on any atom is -0.479 e. The summed E-state index contributed by atoms with van der Waals surface area (Å²) in [6.45, 7) is 0.316. The number of carboxylic acid groups (broad SMARTS) is 1. The number of aliphatic hydroxyl groups is 4. The molecule has 2 heterocycles. The summed E-state index contributed by atoms with van der Waals surface area (Å²) in [4.78, 5) is 26.8. The first kappa shape index (κ1) is 37.5.